The van der Waals surface area contributed by atoms with Gasteiger partial charge in [0.2, 0.25) is 0 Å². The van der Waals surface area contributed by atoms with Crippen molar-refractivity contribution in [3.8, 4) is 11.3 Å². The first-order valence-corrected chi connectivity index (χ1v) is 8.06. The maximum atomic E-state index is 4.43. The number of nitrogens with zero attached hydrogens (tertiary/aromatic N) is 3. The molecule has 4 rings (SSSR count). The second kappa shape index (κ2) is 5.31. The van der Waals surface area contributed by atoms with Crippen LogP contribution in [0.15, 0.2) is 64.5 Å². The van der Waals surface area contributed by atoms with Crippen LogP contribution in [0.3, 0.4) is 0 Å². The van der Waals surface area contributed by atoms with Gasteiger partial charge in [0.05, 0.1) is 11.9 Å². The lowest BCUT2D eigenvalue weighted by atomic mass is 10.2. The smallest absolute Gasteiger partial charge is 0.172 e. The van der Waals surface area contributed by atoms with Crippen LogP contribution < -0.4 is 0 Å². The molecule has 102 valence electrons. The Morgan fingerprint density at radius 1 is 1.00 bits per heavy atom. The molecule has 0 spiro atoms. The second-order valence-corrected chi connectivity index (χ2v) is 6.26. The molecular formula is C15H10N4S2. The Balaban J connectivity index is 1.66. The van der Waals surface area contributed by atoms with Crippen molar-refractivity contribution in [3.63, 3.8) is 0 Å². The van der Waals surface area contributed by atoms with Gasteiger partial charge in [0.25, 0.3) is 0 Å². The van der Waals surface area contributed by atoms with E-state index < -0.39 is 0 Å². The Morgan fingerprint density at radius 3 is 2.81 bits per heavy atom. The summed E-state index contributed by atoms with van der Waals surface area (Å²) >= 11 is 3.15. The molecule has 0 radical (unpaired) electrons. The van der Waals surface area contributed by atoms with Crippen LogP contribution in [0.4, 0.5) is 0 Å². The van der Waals surface area contributed by atoms with Gasteiger partial charge in [-0.25, -0.2) is 15.0 Å². The molecule has 0 atom stereocenters. The van der Waals surface area contributed by atoms with Gasteiger partial charge in [0.1, 0.15) is 16.2 Å². The number of hydrogen-bond donors (Lipinski definition) is 1. The SMILES string of the molecule is c1ccc(-c2cnc(Sc3ncnc4sccc34)[nH]2)cc1. The van der Waals surface area contributed by atoms with E-state index >= 15 is 0 Å². The first-order valence-electron chi connectivity index (χ1n) is 6.36. The maximum absolute atomic E-state index is 4.43. The topological polar surface area (TPSA) is 54.5 Å². The van der Waals surface area contributed by atoms with Crippen LogP contribution in [0, 0.1) is 0 Å². The quantitative estimate of drug-likeness (QED) is 0.575. The van der Waals surface area contributed by atoms with E-state index in [4.69, 9.17) is 0 Å². The lowest BCUT2D eigenvalue weighted by Gasteiger charge is -1.99. The number of H-pyrrole nitrogens is 1. The van der Waals surface area contributed by atoms with Crippen LogP contribution in [0.5, 0.6) is 0 Å². The van der Waals surface area contributed by atoms with Gasteiger partial charge in [0, 0.05) is 5.39 Å². The molecule has 4 aromatic rings. The molecule has 1 aromatic carbocycles. The number of rotatable bonds is 3. The largest absolute Gasteiger partial charge is 0.333 e. The molecule has 3 aromatic heterocycles. The van der Waals surface area contributed by atoms with E-state index in [9.17, 15) is 0 Å². The second-order valence-electron chi connectivity index (χ2n) is 4.39. The summed E-state index contributed by atoms with van der Waals surface area (Å²) in [6.45, 7) is 0. The normalized spacial score (nSPS) is 11.0. The zero-order chi connectivity index (χ0) is 14.1. The number of nitrogens with one attached hydrogen (secondary N) is 1. The fourth-order valence-corrected chi connectivity index (χ4v) is 3.68. The number of benzene rings is 1. The summed E-state index contributed by atoms with van der Waals surface area (Å²) in [7, 11) is 0. The monoisotopic (exact) mass is 310 g/mol. The molecule has 3 heterocycles. The molecule has 0 unspecified atom stereocenters. The highest BCUT2D eigenvalue weighted by atomic mass is 32.2. The molecule has 0 fully saturated rings. The number of thiophene rings is 1. The van der Waals surface area contributed by atoms with E-state index in [1.807, 2.05) is 35.8 Å². The van der Waals surface area contributed by atoms with Gasteiger partial charge in [-0.2, -0.15) is 0 Å². The molecule has 6 heteroatoms. The highest BCUT2D eigenvalue weighted by molar-refractivity contribution is 7.99. The Hall–Kier alpha value is -2.18. The molecule has 0 saturated carbocycles. The predicted octanol–water partition coefficient (Wildman–Crippen LogP) is 4.23. The number of hydrogen-bond acceptors (Lipinski definition) is 5. The van der Waals surface area contributed by atoms with Crippen LogP contribution in [0.1, 0.15) is 0 Å². The predicted molar refractivity (Wildman–Crippen MR) is 85.6 cm³/mol. The van der Waals surface area contributed by atoms with Gasteiger partial charge in [-0.15, -0.1) is 11.3 Å². The lowest BCUT2D eigenvalue weighted by molar-refractivity contribution is 1.04. The minimum Gasteiger partial charge on any atom is -0.333 e. The van der Waals surface area contributed by atoms with E-state index in [2.05, 4.69) is 32.1 Å². The van der Waals surface area contributed by atoms with Gasteiger partial charge >= 0.3 is 0 Å². The van der Waals surface area contributed by atoms with Crippen LogP contribution >= 0.6 is 23.1 Å². The number of fused-ring (bicyclic) bond motifs is 1. The first kappa shape index (κ1) is 12.6. The van der Waals surface area contributed by atoms with Crippen molar-refractivity contribution < 1.29 is 0 Å². The third kappa shape index (κ3) is 2.43. The highest BCUT2D eigenvalue weighted by Crippen LogP contribution is 2.32. The van der Waals surface area contributed by atoms with E-state index in [0.29, 0.717) is 0 Å². The summed E-state index contributed by atoms with van der Waals surface area (Å²) in [5.41, 5.74) is 2.13. The summed E-state index contributed by atoms with van der Waals surface area (Å²) in [6, 6.07) is 12.2. The minimum atomic E-state index is 0.833. The standard InChI is InChI=1S/C15H10N4S2/c1-2-4-10(5-3-1)12-8-16-15(19-12)21-14-11-6-7-20-13(11)17-9-18-14/h1-9H,(H,16,19). The molecule has 0 aliphatic carbocycles. The van der Waals surface area contributed by atoms with Gasteiger partial charge in [-0.05, 0) is 28.8 Å². The molecular weight excluding hydrogens is 300 g/mol. The van der Waals surface area contributed by atoms with Crippen molar-refractivity contribution in [2.24, 2.45) is 0 Å². The summed E-state index contributed by atoms with van der Waals surface area (Å²) in [6.07, 6.45) is 3.45. The van der Waals surface area contributed by atoms with Crippen molar-refractivity contribution >= 4 is 33.3 Å². The fourth-order valence-electron chi connectivity index (χ4n) is 2.06. The van der Waals surface area contributed by atoms with Crippen molar-refractivity contribution in [2.45, 2.75) is 10.2 Å². The first-order chi connectivity index (χ1) is 10.4. The summed E-state index contributed by atoms with van der Waals surface area (Å²) < 4.78 is 0. The van der Waals surface area contributed by atoms with E-state index in [1.54, 1.807) is 17.7 Å². The van der Waals surface area contributed by atoms with Gasteiger partial charge in [-0.3, -0.25) is 0 Å². The number of imidazole rings is 1. The molecule has 21 heavy (non-hydrogen) atoms. The number of aromatic amines is 1. The maximum Gasteiger partial charge on any atom is 0.172 e. The summed E-state index contributed by atoms with van der Waals surface area (Å²) in [4.78, 5) is 17.4. The zero-order valence-electron chi connectivity index (χ0n) is 10.9. The average Bonchev–Trinajstić information content (AvgIpc) is 3.17. The van der Waals surface area contributed by atoms with Crippen molar-refractivity contribution in [3.05, 3.63) is 54.3 Å². The molecule has 0 saturated heterocycles. The Kier molecular flexibility index (Phi) is 3.17. The van der Waals surface area contributed by atoms with Gasteiger partial charge in [-0.1, -0.05) is 30.3 Å². The highest BCUT2D eigenvalue weighted by Gasteiger charge is 2.09. The number of aromatic nitrogens is 4. The van der Waals surface area contributed by atoms with Crippen LogP contribution in [-0.4, -0.2) is 19.9 Å². The zero-order valence-corrected chi connectivity index (χ0v) is 12.5. The Morgan fingerprint density at radius 2 is 1.90 bits per heavy atom. The Bertz CT molecular complexity index is 883. The summed E-state index contributed by atoms with van der Waals surface area (Å²) in [5, 5.41) is 4.86. The van der Waals surface area contributed by atoms with E-state index in [-0.39, 0.29) is 0 Å². The van der Waals surface area contributed by atoms with Gasteiger partial charge in [0.15, 0.2) is 5.16 Å². The van der Waals surface area contributed by atoms with Crippen LogP contribution in [-0.2, 0) is 0 Å². The Labute approximate surface area is 129 Å². The van der Waals surface area contributed by atoms with Crippen LogP contribution in [0.25, 0.3) is 21.5 Å². The third-order valence-corrected chi connectivity index (χ3v) is 4.80. The fraction of sp³-hybridized carbons (Fsp3) is 0. The molecule has 1 N–H and O–H groups in total. The average molecular weight is 310 g/mol. The molecule has 0 amide bonds. The lowest BCUT2D eigenvalue weighted by Crippen LogP contribution is -1.84. The molecule has 4 nitrogen and oxygen atoms in total. The van der Waals surface area contributed by atoms with Crippen molar-refractivity contribution in [2.75, 3.05) is 0 Å². The van der Waals surface area contributed by atoms with E-state index in [0.717, 1.165) is 31.7 Å². The molecule has 0 bridgehead atoms. The van der Waals surface area contributed by atoms with Crippen LogP contribution in [0.2, 0.25) is 0 Å². The summed E-state index contributed by atoms with van der Waals surface area (Å²) in [5.74, 6) is 0. The van der Waals surface area contributed by atoms with E-state index in [1.165, 1.54) is 11.8 Å². The van der Waals surface area contributed by atoms with Crippen molar-refractivity contribution in [1.82, 2.24) is 19.9 Å². The minimum absolute atomic E-state index is 0.833. The van der Waals surface area contributed by atoms with Gasteiger partial charge < -0.3 is 4.98 Å². The molecule has 0 aliphatic heterocycles. The third-order valence-electron chi connectivity index (χ3n) is 3.06. The van der Waals surface area contributed by atoms with Crippen molar-refractivity contribution in [1.29, 1.82) is 0 Å². The molecule has 0 aliphatic rings.